The summed E-state index contributed by atoms with van der Waals surface area (Å²) in [4.78, 5) is 12.1. The van der Waals surface area contributed by atoms with Crippen molar-refractivity contribution in [3.8, 4) is 5.75 Å². The molecule has 0 aromatic heterocycles. The Kier molecular flexibility index (Phi) is 6.81. The maximum atomic E-state index is 12.1. The van der Waals surface area contributed by atoms with Gasteiger partial charge in [0.25, 0.3) is 5.91 Å². The lowest BCUT2D eigenvalue weighted by atomic mass is 10.0. The Bertz CT molecular complexity index is 427. The Morgan fingerprint density at radius 2 is 2.05 bits per heavy atom. The van der Waals surface area contributed by atoms with E-state index in [9.17, 15) is 4.79 Å². The number of benzene rings is 1. The van der Waals surface area contributed by atoms with Gasteiger partial charge in [-0.25, -0.2) is 0 Å². The maximum Gasteiger partial charge on any atom is 0.251 e. The lowest BCUT2D eigenvalue weighted by Gasteiger charge is -2.18. The summed E-state index contributed by atoms with van der Waals surface area (Å²) >= 11 is 0. The molecule has 0 saturated heterocycles. The molecule has 0 saturated carbocycles. The summed E-state index contributed by atoms with van der Waals surface area (Å²) in [6, 6.07) is 7.06. The van der Waals surface area contributed by atoms with Gasteiger partial charge in [0.2, 0.25) is 0 Å². The summed E-state index contributed by atoms with van der Waals surface area (Å²) in [6.07, 6.45) is 2.56. The van der Waals surface area contributed by atoms with Crippen LogP contribution < -0.4 is 15.8 Å². The molecule has 1 atom stereocenters. The molecule has 1 unspecified atom stereocenters. The molecular weight excluding hydrogens is 252 g/mol. The molecule has 4 heteroatoms. The normalized spacial score (nSPS) is 12.0. The first kappa shape index (κ1) is 16.2. The number of nitrogens with two attached hydrogens (primary N) is 1. The fourth-order valence-electron chi connectivity index (χ4n) is 1.91. The van der Waals surface area contributed by atoms with Crippen LogP contribution in [0.5, 0.6) is 5.75 Å². The van der Waals surface area contributed by atoms with Gasteiger partial charge in [0.15, 0.2) is 0 Å². The number of rotatable bonds is 8. The first-order valence-electron chi connectivity index (χ1n) is 6.91. The minimum atomic E-state index is -0.101. The molecule has 0 radical (unpaired) electrons. The van der Waals surface area contributed by atoms with Gasteiger partial charge in [-0.1, -0.05) is 26.5 Å². The summed E-state index contributed by atoms with van der Waals surface area (Å²) in [7, 11) is 0. The van der Waals surface area contributed by atoms with Crippen LogP contribution in [0.4, 0.5) is 0 Å². The van der Waals surface area contributed by atoms with E-state index in [0.29, 0.717) is 24.6 Å². The highest BCUT2D eigenvalue weighted by Gasteiger charge is 2.13. The second-order valence-corrected chi connectivity index (χ2v) is 5.16. The number of amides is 1. The Balaban J connectivity index is 2.60. The topological polar surface area (TPSA) is 64.3 Å². The zero-order chi connectivity index (χ0) is 15.0. The van der Waals surface area contributed by atoms with E-state index in [4.69, 9.17) is 10.5 Å². The third-order valence-electron chi connectivity index (χ3n) is 2.86. The van der Waals surface area contributed by atoms with Crippen molar-refractivity contribution in [2.75, 3.05) is 13.2 Å². The number of nitrogens with one attached hydrogen (secondary N) is 1. The van der Waals surface area contributed by atoms with Gasteiger partial charge >= 0.3 is 0 Å². The van der Waals surface area contributed by atoms with Gasteiger partial charge in [-0.05, 0) is 36.6 Å². The van der Waals surface area contributed by atoms with E-state index in [1.165, 1.54) is 0 Å². The molecule has 1 aromatic rings. The first-order valence-corrected chi connectivity index (χ1v) is 6.91. The lowest BCUT2D eigenvalue weighted by Crippen LogP contribution is -2.41. The van der Waals surface area contributed by atoms with E-state index < -0.39 is 0 Å². The molecule has 0 aliphatic heterocycles. The Morgan fingerprint density at radius 1 is 1.40 bits per heavy atom. The van der Waals surface area contributed by atoms with Crippen LogP contribution in [-0.2, 0) is 0 Å². The van der Waals surface area contributed by atoms with Crippen molar-refractivity contribution < 1.29 is 9.53 Å². The van der Waals surface area contributed by atoms with Crippen LogP contribution >= 0.6 is 0 Å². The molecule has 0 fully saturated rings. The van der Waals surface area contributed by atoms with Crippen LogP contribution in [0.15, 0.2) is 36.9 Å². The Hall–Kier alpha value is -1.81. The zero-order valence-electron chi connectivity index (χ0n) is 12.3. The summed E-state index contributed by atoms with van der Waals surface area (Å²) in [6.45, 7) is 8.71. The molecule has 1 rings (SSSR count). The molecule has 0 heterocycles. The second-order valence-electron chi connectivity index (χ2n) is 5.16. The van der Waals surface area contributed by atoms with E-state index in [1.807, 2.05) is 0 Å². The molecule has 110 valence electrons. The molecule has 3 N–H and O–H groups in total. The molecule has 1 amide bonds. The van der Waals surface area contributed by atoms with Crippen molar-refractivity contribution in [1.29, 1.82) is 0 Å². The van der Waals surface area contributed by atoms with Crippen LogP contribution in [0.2, 0.25) is 0 Å². The highest BCUT2D eigenvalue weighted by atomic mass is 16.5. The summed E-state index contributed by atoms with van der Waals surface area (Å²) in [5.74, 6) is 1.12. The number of hydrogen-bond acceptors (Lipinski definition) is 3. The van der Waals surface area contributed by atoms with Crippen LogP contribution in [-0.4, -0.2) is 25.1 Å². The van der Waals surface area contributed by atoms with Crippen molar-refractivity contribution in [1.82, 2.24) is 5.32 Å². The van der Waals surface area contributed by atoms with Crippen molar-refractivity contribution >= 4 is 5.91 Å². The largest absolute Gasteiger partial charge is 0.490 e. The highest BCUT2D eigenvalue weighted by molar-refractivity contribution is 5.94. The van der Waals surface area contributed by atoms with Crippen LogP contribution in [0.3, 0.4) is 0 Å². The second kappa shape index (κ2) is 8.38. The molecule has 4 nitrogen and oxygen atoms in total. The van der Waals surface area contributed by atoms with Gasteiger partial charge in [-0.15, -0.1) is 0 Å². The summed E-state index contributed by atoms with van der Waals surface area (Å²) in [5.41, 5.74) is 6.29. The van der Waals surface area contributed by atoms with Gasteiger partial charge in [0, 0.05) is 18.2 Å². The highest BCUT2D eigenvalue weighted by Crippen LogP contribution is 2.13. The number of carbonyl (C=O) groups excluding carboxylic acids is 1. The van der Waals surface area contributed by atoms with Crippen molar-refractivity contribution in [2.45, 2.75) is 26.3 Å². The van der Waals surface area contributed by atoms with Crippen molar-refractivity contribution in [2.24, 2.45) is 11.7 Å². The average molecular weight is 276 g/mol. The van der Waals surface area contributed by atoms with E-state index in [0.717, 1.165) is 12.2 Å². The number of hydrogen-bond donors (Lipinski definition) is 2. The third-order valence-corrected chi connectivity index (χ3v) is 2.86. The maximum absolute atomic E-state index is 12.1. The van der Waals surface area contributed by atoms with Gasteiger partial charge in [-0.2, -0.15) is 0 Å². The monoisotopic (exact) mass is 276 g/mol. The molecule has 0 aliphatic rings. The van der Waals surface area contributed by atoms with Gasteiger partial charge in [0.1, 0.15) is 12.4 Å². The molecule has 1 aromatic carbocycles. The fraction of sp³-hybridized carbons (Fsp3) is 0.438. The fourth-order valence-corrected chi connectivity index (χ4v) is 1.91. The van der Waals surface area contributed by atoms with Crippen molar-refractivity contribution in [3.63, 3.8) is 0 Å². The van der Waals surface area contributed by atoms with Crippen molar-refractivity contribution in [3.05, 3.63) is 42.5 Å². The Labute approximate surface area is 121 Å². The van der Waals surface area contributed by atoms with Gasteiger partial charge < -0.3 is 15.8 Å². The molecule has 0 spiro atoms. The van der Waals surface area contributed by atoms with E-state index in [-0.39, 0.29) is 11.9 Å². The predicted molar refractivity (Wildman–Crippen MR) is 81.9 cm³/mol. The number of carbonyl (C=O) groups is 1. The standard InChI is InChI=1S/C16H24N2O2/c1-4-9-20-15-7-5-13(6-8-15)16(19)18-14(11-17)10-12(2)3/h4-8,12,14H,1,9-11,17H2,2-3H3,(H,18,19). The van der Waals surface area contributed by atoms with Crippen LogP contribution in [0, 0.1) is 5.92 Å². The number of ether oxygens (including phenoxy) is 1. The minimum absolute atomic E-state index is 0.0131. The van der Waals surface area contributed by atoms with E-state index >= 15 is 0 Å². The SMILES string of the molecule is C=CCOc1ccc(C(=O)NC(CN)CC(C)C)cc1. The molecule has 0 bridgehead atoms. The lowest BCUT2D eigenvalue weighted by molar-refractivity contribution is 0.0933. The van der Waals surface area contributed by atoms with Gasteiger partial charge in [0.05, 0.1) is 0 Å². The van der Waals surface area contributed by atoms with Crippen LogP contribution in [0.25, 0.3) is 0 Å². The first-order chi connectivity index (χ1) is 9.56. The smallest absolute Gasteiger partial charge is 0.251 e. The summed E-state index contributed by atoms with van der Waals surface area (Å²) in [5, 5.41) is 2.96. The Morgan fingerprint density at radius 3 is 2.55 bits per heavy atom. The molecular formula is C16H24N2O2. The van der Waals surface area contributed by atoms with Crippen LogP contribution in [0.1, 0.15) is 30.6 Å². The van der Waals surface area contributed by atoms with E-state index in [1.54, 1.807) is 30.3 Å². The molecule has 0 aliphatic carbocycles. The predicted octanol–water partition coefficient (Wildman–Crippen LogP) is 2.35. The van der Waals surface area contributed by atoms with E-state index in [2.05, 4.69) is 25.7 Å². The zero-order valence-corrected chi connectivity index (χ0v) is 12.3. The summed E-state index contributed by atoms with van der Waals surface area (Å²) < 4.78 is 5.38. The average Bonchev–Trinajstić information content (AvgIpc) is 2.44. The third kappa shape index (κ3) is 5.45. The minimum Gasteiger partial charge on any atom is -0.490 e. The van der Waals surface area contributed by atoms with Gasteiger partial charge in [-0.3, -0.25) is 4.79 Å². The molecule has 20 heavy (non-hydrogen) atoms. The quantitative estimate of drug-likeness (QED) is 0.716.